The summed E-state index contributed by atoms with van der Waals surface area (Å²) in [4.78, 5) is 26.2. The number of hydrogen-bond acceptors (Lipinski definition) is 4. The van der Waals surface area contributed by atoms with Gasteiger partial charge in [-0.2, -0.15) is 0 Å². The zero-order valence-electron chi connectivity index (χ0n) is 12.2. The second kappa shape index (κ2) is 7.56. The number of carboxylic acid groups (broad SMARTS) is 1. The topological polar surface area (TPSA) is 69.6 Å². The third-order valence-electron chi connectivity index (χ3n) is 3.85. The Bertz CT molecular complexity index is 475. The summed E-state index contributed by atoms with van der Waals surface area (Å²) >= 11 is 1.62. The smallest absolute Gasteiger partial charge is 0.304 e. The number of likely N-dealkylation sites (tertiary alicyclic amines) is 1. The second-order valence-corrected chi connectivity index (χ2v) is 6.50. The average molecular weight is 310 g/mol. The first-order valence-corrected chi connectivity index (χ1v) is 8.23. The lowest BCUT2D eigenvalue weighted by Crippen LogP contribution is -2.46. The molecule has 6 heteroatoms. The van der Waals surface area contributed by atoms with Gasteiger partial charge in [0, 0.05) is 10.9 Å². The van der Waals surface area contributed by atoms with Gasteiger partial charge >= 0.3 is 5.97 Å². The van der Waals surface area contributed by atoms with Crippen LogP contribution in [0.1, 0.15) is 43.5 Å². The summed E-state index contributed by atoms with van der Waals surface area (Å²) in [5.74, 6) is -0.826. The van der Waals surface area contributed by atoms with E-state index in [1.54, 1.807) is 11.3 Å². The van der Waals surface area contributed by atoms with Crippen molar-refractivity contribution in [3.05, 3.63) is 22.4 Å². The zero-order valence-corrected chi connectivity index (χ0v) is 13.1. The molecule has 2 atom stereocenters. The summed E-state index contributed by atoms with van der Waals surface area (Å²) in [7, 11) is 0. The Morgan fingerprint density at radius 3 is 3.00 bits per heavy atom. The fourth-order valence-electron chi connectivity index (χ4n) is 2.78. The zero-order chi connectivity index (χ0) is 15.2. The van der Waals surface area contributed by atoms with Crippen LogP contribution in [0.15, 0.2) is 17.5 Å². The van der Waals surface area contributed by atoms with Crippen molar-refractivity contribution >= 4 is 23.2 Å². The molecule has 116 valence electrons. The molecule has 0 spiro atoms. The number of piperidine rings is 1. The van der Waals surface area contributed by atoms with E-state index < -0.39 is 5.97 Å². The maximum atomic E-state index is 12.2. The molecule has 1 aromatic rings. The minimum atomic E-state index is -0.792. The van der Waals surface area contributed by atoms with Gasteiger partial charge in [0.2, 0.25) is 5.91 Å². The van der Waals surface area contributed by atoms with Crippen molar-refractivity contribution in [3.63, 3.8) is 0 Å². The number of thiophene rings is 1. The van der Waals surface area contributed by atoms with Crippen molar-refractivity contribution < 1.29 is 14.7 Å². The first kappa shape index (κ1) is 16.0. The lowest BCUT2D eigenvalue weighted by atomic mass is 9.99. The minimum absolute atomic E-state index is 0.000198. The maximum Gasteiger partial charge on any atom is 0.304 e. The minimum Gasteiger partial charge on any atom is -0.481 e. The Morgan fingerprint density at radius 1 is 1.52 bits per heavy atom. The van der Waals surface area contributed by atoms with Crippen molar-refractivity contribution in [2.45, 2.75) is 44.7 Å². The van der Waals surface area contributed by atoms with Gasteiger partial charge in [-0.15, -0.1) is 11.3 Å². The molecule has 1 aliphatic heterocycles. The third kappa shape index (κ3) is 4.82. The molecule has 0 bridgehead atoms. The van der Waals surface area contributed by atoms with Crippen molar-refractivity contribution in [2.24, 2.45) is 0 Å². The van der Waals surface area contributed by atoms with Crippen LogP contribution < -0.4 is 5.32 Å². The van der Waals surface area contributed by atoms with E-state index in [1.165, 1.54) is 0 Å². The summed E-state index contributed by atoms with van der Waals surface area (Å²) in [6, 6.07) is 3.96. The molecule has 0 aliphatic carbocycles. The van der Waals surface area contributed by atoms with Gasteiger partial charge in [-0.1, -0.05) is 12.5 Å². The normalized spacial score (nSPS) is 20.9. The monoisotopic (exact) mass is 310 g/mol. The summed E-state index contributed by atoms with van der Waals surface area (Å²) in [5, 5.41) is 13.9. The molecule has 0 radical (unpaired) electrons. The highest BCUT2D eigenvalue weighted by molar-refractivity contribution is 7.10. The fourth-order valence-corrected chi connectivity index (χ4v) is 3.52. The highest BCUT2D eigenvalue weighted by Gasteiger charge is 2.26. The number of carbonyl (C=O) groups is 2. The number of nitrogens with one attached hydrogen (secondary N) is 1. The van der Waals surface area contributed by atoms with Gasteiger partial charge in [-0.3, -0.25) is 14.5 Å². The second-order valence-electron chi connectivity index (χ2n) is 5.52. The number of carboxylic acids is 1. The lowest BCUT2D eigenvalue weighted by molar-refractivity contribution is -0.139. The number of rotatable bonds is 6. The predicted molar refractivity (Wildman–Crippen MR) is 82.3 cm³/mol. The van der Waals surface area contributed by atoms with Gasteiger partial charge in [0.15, 0.2) is 0 Å². The molecule has 0 aromatic carbocycles. The van der Waals surface area contributed by atoms with E-state index in [9.17, 15) is 9.59 Å². The third-order valence-corrected chi connectivity index (χ3v) is 4.91. The number of hydrogen-bond donors (Lipinski definition) is 2. The van der Waals surface area contributed by atoms with Gasteiger partial charge < -0.3 is 10.4 Å². The highest BCUT2D eigenvalue weighted by Crippen LogP contribution is 2.20. The summed E-state index contributed by atoms with van der Waals surface area (Å²) in [6.45, 7) is 3.06. The number of nitrogens with zero attached hydrogens (tertiary/aromatic N) is 1. The number of aliphatic carboxylic acids is 1. The first-order valence-electron chi connectivity index (χ1n) is 7.35. The molecule has 2 N–H and O–H groups in total. The van der Waals surface area contributed by atoms with Crippen LogP contribution in [0.4, 0.5) is 0 Å². The van der Waals surface area contributed by atoms with Crippen LogP contribution >= 0.6 is 11.3 Å². The van der Waals surface area contributed by atoms with Gasteiger partial charge in [0.1, 0.15) is 0 Å². The molecule has 1 aliphatic rings. The van der Waals surface area contributed by atoms with Crippen LogP contribution in [0.2, 0.25) is 0 Å². The maximum absolute atomic E-state index is 12.2. The van der Waals surface area contributed by atoms with E-state index >= 15 is 0 Å². The molecule has 21 heavy (non-hydrogen) atoms. The van der Waals surface area contributed by atoms with Crippen molar-refractivity contribution in [1.29, 1.82) is 0 Å². The van der Waals surface area contributed by atoms with Gasteiger partial charge in [-0.25, -0.2) is 0 Å². The van der Waals surface area contributed by atoms with E-state index in [-0.39, 0.29) is 31.0 Å². The van der Waals surface area contributed by atoms with Gasteiger partial charge in [-0.05, 0) is 37.8 Å². The molecule has 1 saturated heterocycles. The molecular weight excluding hydrogens is 288 g/mol. The Hall–Kier alpha value is -1.40. The Labute approximate surface area is 129 Å². The van der Waals surface area contributed by atoms with E-state index in [2.05, 4.69) is 5.32 Å². The largest absolute Gasteiger partial charge is 0.481 e. The predicted octanol–water partition coefficient (Wildman–Crippen LogP) is 2.25. The van der Waals surface area contributed by atoms with E-state index in [1.807, 2.05) is 29.3 Å². The van der Waals surface area contributed by atoms with Crippen molar-refractivity contribution in [3.8, 4) is 0 Å². The average Bonchev–Trinajstić information content (AvgIpc) is 2.94. The van der Waals surface area contributed by atoms with Crippen LogP contribution in [-0.2, 0) is 9.59 Å². The molecule has 2 rings (SSSR count). The van der Waals surface area contributed by atoms with Crippen LogP contribution in [0.3, 0.4) is 0 Å². The van der Waals surface area contributed by atoms with Crippen LogP contribution in [0.5, 0.6) is 0 Å². The van der Waals surface area contributed by atoms with E-state index in [0.29, 0.717) is 0 Å². The summed E-state index contributed by atoms with van der Waals surface area (Å²) < 4.78 is 0. The molecule has 2 heterocycles. The molecular formula is C15H22N2O3S. The molecule has 2 unspecified atom stereocenters. The molecule has 5 nitrogen and oxygen atoms in total. The van der Waals surface area contributed by atoms with Crippen LogP contribution in [-0.4, -0.2) is 41.0 Å². The van der Waals surface area contributed by atoms with E-state index in [4.69, 9.17) is 5.11 Å². The van der Waals surface area contributed by atoms with Crippen LogP contribution in [0.25, 0.3) is 0 Å². The SMILES string of the molecule is CC(NC(=O)CN1CCCCC1CC(=O)O)c1cccs1. The molecule has 1 fully saturated rings. The number of amides is 1. The Balaban J connectivity index is 1.86. The van der Waals surface area contributed by atoms with Gasteiger partial charge in [0.25, 0.3) is 0 Å². The standard InChI is InChI=1S/C15H22N2O3S/c1-11(13-6-4-8-21-13)16-14(18)10-17-7-3-2-5-12(17)9-15(19)20/h4,6,8,11-12H,2-3,5,7,9-10H2,1H3,(H,16,18)(H,19,20). The first-order chi connectivity index (χ1) is 10.1. The quantitative estimate of drug-likeness (QED) is 0.845. The molecule has 0 saturated carbocycles. The van der Waals surface area contributed by atoms with E-state index in [0.717, 1.165) is 30.7 Å². The van der Waals surface area contributed by atoms with Crippen molar-refractivity contribution in [2.75, 3.05) is 13.1 Å². The number of carbonyl (C=O) groups excluding carboxylic acids is 1. The molecule has 1 aromatic heterocycles. The lowest BCUT2D eigenvalue weighted by Gasteiger charge is -2.34. The Kier molecular flexibility index (Phi) is 5.76. The summed E-state index contributed by atoms with van der Waals surface area (Å²) in [5.41, 5.74) is 0. The Morgan fingerprint density at radius 2 is 2.33 bits per heavy atom. The van der Waals surface area contributed by atoms with Crippen LogP contribution in [0, 0.1) is 0 Å². The fraction of sp³-hybridized carbons (Fsp3) is 0.600. The summed E-state index contributed by atoms with van der Waals surface area (Å²) in [6.07, 6.45) is 3.05. The molecule has 1 amide bonds. The highest BCUT2D eigenvalue weighted by atomic mass is 32.1. The van der Waals surface area contributed by atoms with Gasteiger partial charge in [0.05, 0.1) is 19.0 Å². The van der Waals surface area contributed by atoms with Crippen molar-refractivity contribution in [1.82, 2.24) is 10.2 Å².